The van der Waals surface area contributed by atoms with Crippen molar-refractivity contribution < 1.29 is 26.3 Å². The first-order chi connectivity index (χ1) is 29.6. The first-order valence-corrected chi connectivity index (χ1v) is 25.9. The van der Waals surface area contributed by atoms with Crippen LogP contribution in [0.2, 0.25) is 0 Å². The number of sulfonamides is 2. The SMILES string of the molecule is Cc1ccc(S(=O)(=O)N(CCCN([C@H]2C[C@H]3CCCC[C@@H]3[C@H]2COCc2ccccc2)S(=O)(=O)c2ccc(C)cc2)[C@H]2C[C@H]3CCCC[C@@H]3[C@H]2COCc2ccccc2)cc1. The van der Waals surface area contributed by atoms with E-state index in [1.807, 2.05) is 74.5 Å². The van der Waals surface area contributed by atoms with E-state index in [4.69, 9.17) is 9.47 Å². The van der Waals surface area contributed by atoms with Crippen molar-refractivity contribution in [3.05, 3.63) is 131 Å². The van der Waals surface area contributed by atoms with Crippen LogP contribution in [0.25, 0.3) is 0 Å². The first kappa shape index (κ1) is 44.2. The van der Waals surface area contributed by atoms with Gasteiger partial charge in [-0.15, -0.1) is 0 Å². The highest BCUT2D eigenvalue weighted by atomic mass is 32.2. The van der Waals surface area contributed by atoms with Crippen molar-refractivity contribution in [1.29, 1.82) is 0 Å². The van der Waals surface area contributed by atoms with Crippen molar-refractivity contribution in [2.45, 2.75) is 120 Å². The number of ether oxygens (including phenoxy) is 2. The highest BCUT2D eigenvalue weighted by molar-refractivity contribution is 7.89. The Kier molecular flexibility index (Phi) is 14.5. The second-order valence-corrected chi connectivity index (χ2v) is 22.3. The smallest absolute Gasteiger partial charge is 0.243 e. The minimum absolute atomic E-state index is 0.0470. The summed E-state index contributed by atoms with van der Waals surface area (Å²) < 4.78 is 76.7. The van der Waals surface area contributed by atoms with Gasteiger partial charge in [-0.25, -0.2) is 16.8 Å². The largest absolute Gasteiger partial charge is 0.376 e. The van der Waals surface area contributed by atoms with E-state index in [2.05, 4.69) is 24.3 Å². The van der Waals surface area contributed by atoms with Crippen molar-refractivity contribution in [2.75, 3.05) is 26.3 Å². The summed E-state index contributed by atoms with van der Waals surface area (Å²) in [4.78, 5) is 0.577. The van der Waals surface area contributed by atoms with Gasteiger partial charge in [-0.3, -0.25) is 0 Å². The molecule has 0 N–H and O–H groups in total. The molecule has 0 saturated heterocycles. The lowest BCUT2D eigenvalue weighted by Crippen LogP contribution is -2.48. The molecule has 4 aromatic carbocycles. The Morgan fingerprint density at radius 1 is 0.508 bits per heavy atom. The molecule has 4 aliphatic rings. The summed E-state index contributed by atoms with van der Waals surface area (Å²) in [5, 5.41) is 0. The Labute approximate surface area is 366 Å². The molecule has 0 amide bonds. The van der Waals surface area contributed by atoms with E-state index in [0.29, 0.717) is 56.5 Å². The summed E-state index contributed by atoms with van der Waals surface area (Å²) >= 11 is 0. The van der Waals surface area contributed by atoms with Gasteiger partial charge in [-0.1, -0.05) is 135 Å². The highest BCUT2D eigenvalue weighted by Gasteiger charge is 2.51. The Morgan fingerprint density at radius 3 is 1.28 bits per heavy atom. The highest BCUT2D eigenvalue weighted by Crippen LogP contribution is 2.50. The van der Waals surface area contributed by atoms with Crippen molar-refractivity contribution >= 4 is 20.0 Å². The third-order valence-electron chi connectivity index (χ3n) is 14.7. The van der Waals surface area contributed by atoms with E-state index in [1.165, 1.54) is 12.8 Å². The minimum Gasteiger partial charge on any atom is -0.376 e. The predicted molar refractivity (Wildman–Crippen MR) is 242 cm³/mol. The van der Waals surface area contributed by atoms with Gasteiger partial charge in [0, 0.05) is 37.0 Å². The van der Waals surface area contributed by atoms with Crippen LogP contribution >= 0.6 is 0 Å². The summed E-state index contributed by atoms with van der Waals surface area (Å²) in [6.45, 7) is 6.34. The van der Waals surface area contributed by atoms with Gasteiger partial charge in [0.25, 0.3) is 0 Å². The van der Waals surface area contributed by atoms with Crippen LogP contribution in [0.5, 0.6) is 0 Å². The maximum Gasteiger partial charge on any atom is 0.243 e. The Morgan fingerprint density at radius 2 is 0.885 bits per heavy atom. The molecule has 0 bridgehead atoms. The number of nitrogens with zero attached hydrogens (tertiary/aromatic N) is 2. The average Bonchev–Trinajstić information content (AvgIpc) is 3.82. The van der Waals surface area contributed by atoms with Crippen LogP contribution in [-0.2, 0) is 42.7 Å². The van der Waals surface area contributed by atoms with Gasteiger partial charge in [-0.2, -0.15) is 8.61 Å². The monoisotopic (exact) mass is 866 g/mol. The standard InChI is InChI=1S/C51H66N2O6S2/c1-38-22-26-44(27-23-38)60(54,55)52(50-32-42-18-9-11-20-46(42)48(50)36-58-34-40-14-5-3-6-15-40)30-13-31-53(61(56,57)45-28-24-39(2)25-29-45)51-33-43-19-10-12-21-47(43)49(51)37-59-35-41-16-7-4-8-17-41/h3-8,14-17,22-29,42-43,46-51H,9-13,18-21,30-37H2,1-2H3/t42-,43-,46+,47+,48-,49-,50+,51+/m1/s1. The maximum atomic E-state index is 15.1. The molecule has 328 valence electrons. The Hall–Kier alpha value is -3.38. The molecule has 61 heavy (non-hydrogen) atoms. The molecule has 10 heteroatoms. The van der Waals surface area contributed by atoms with Gasteiger partial charge in [0.05, 0.1) is 36.2 Å². The van der Waals surface area contributed by atoms with E-state index in [-0.39, 0.29) is 46.8 Å². The van der Waals surface area contributed by atoms with Gasteiger partial charge in [0.15, 0.2) is 0 Å². The van der Waals surface area contributed by atoms with E-state index in [1.54, 1.807) is 32.9 Å². The van der Waals surface area contributed by atoms with Crippen molar-refractivity contribution in [3.63, 3.8) is 0 Å². The molecule has 0 unspecified atom stereocenters. The molecular formula is C51H66N2O6S2. The Bertz CT molecular complexity index is 2060. The minimum atomic E-state index is -3.94. The molecule has 4 fully saturated rings. The fourth-order valence-electron chi connectivity index (χ4n) is 11.6. The number of fused-ring (bicyclic) bond motifs is 2. The van der Waals surface area contributed by atoms with E-state index < -0.39 is 20.0 Å². The zero-order valence-corrected chi connectivity index (χ0v) is 37.8. The number of rotatable bonds is 18. The van der Waals surface area contributed by atoms with Gasteiger partial charge in [0.2, 0.25) is 20.0 Å². The topological polar surface area (TPSA) is 93.2 Å². The molecule has 0 aliphatic heterocycles. The number of hydrogen-bond donors (Lipinski definition) is 0. The summed E-state index contributed by atoms with van der Waals surface area (Å²) in [6.07, 6.45) is 11.0. The molecule has 8 atom stereocenters. The molecule has 4 saturated carbocycles. The van der Waals surface area contributed by atoms with Crippen LogP contribution in [0.3, 0.4) is 0 Å². The molecule has 8 rings (SSSR count). The lowest BCUT2D eigenvalue weighted by molar-refractivity contribution is 0.0422. The zero-order chi connectivity index (χ0) is 42.4. The third kappa shape index (κ3) is 10.2. The molecular weight excluding hydrogens is 801 g/mol. The third-order valence-corrected chi connectivity index (χ3v) is 18.6. The average molecular weight is 867 g/mol. The van der Waals surface area contributed by atoms with Crippen molar-refractivity contribution in [3.8, 4) is 0 Å². The van der Waals surface area contributed by atoms with Gasteiger partial charge in [-0.05, 0) is 105 Å². The van der Waals surface area contributed by atoms with Crippen LogP contribution < -0.4 is 0 Å². The predicted octanol–water partition coefficient (Wildman–Crippen LogP) is 10.2. The van der Waals surface area contributed by atoms with Crippen LogP contribution in [-0.4, -0.2) is 63.8 Å². The van der Waals surface area contributed by atoms with E-state index in [0.717, 1.165) is 73.6 Å². The lowest BCUT2D eigenvalue weighted by Gasteiger charge is -2.36. The number of hydrogen-bond acceptors (Lipinski definition) is 6. The molecule has 4 aliphatic carbocycles. The number of benzene rings is 4. The fourth-order valence-corrected chi connectivity index (χ4v) is 15.1. The second-order valence-electron chi connectivity index (χ2n) is 18.6. The van der Waals surface area contributed by atoms with Crippen LogP contribution in [0, 0.1) is 49.4 Å². The zero-order valence-electron chi connectivity index (χ0n) is 36.2. The lowest BCUT2D eigenvalue weighted by atomic mass is 9.78. The van der Waals surface area contributed by atoms with Gasteiger partial charge < -0.3 is 9.47 Å². The summed E-state index contributed by atoms with van der Waals surface area (Å²) in [5.74, 6) is 1.76. The number of aryl methyl sites for hydroxylation is 2. The summed E-state index contributed by atoms with van der Waals surface area (Å²) in [6, 6.07) is 34.3. The molecule has 0 spiro atoms. The van der Waals surface area contributed by atoms with Crippen LogP contribution in [0.4, 0.5) is 0 Å². The summed E-state index contributed by atoms with van der Waals surface area (Å²) in [7, 11) is -7.88. The van der Waals surface area contributed by atoms with E-state index >= 15 is 16.8 Å². The van der Waals surface area contributed by atoms with E-state index in [9.17, 15) is 0 Å². The van der Waals surface area contributed by atoms with Crippen molar-refractivity contribution in [1.82, 2.24) is 8.61 Å². The Balaban J connectivity index is 1.10. The van der Waals surface area contributed by atoms with Crippen LogP contribution in [0.15, 0.2) is 119 Å². The normalized spacial score (nSPS) is 26.7. The van der Waals surface area contributed by atoms with Crippen molar-refractivity contribution in [2.24, 2.45) is 35.5 Å². The second kappa shape index (κ2) is 20.0. The maximum absolute atomic E-state index is 15.1. The molecule has 0 aromatic heterocycles. The molecule has 0 radical (unpaired) electrons. The first-order valence-electron chi connectivity index (χ1n) is 23.0. The van der Waals surface area contributed by atoms with Crippen LogP contribution in [0.1, 0.15) is 92.9 Å². The molecule has 0 heterocycles. The molecule has 4 aromatic rings. The summed E-state index contributed by atoms with van der Waals surface area (Å²) in [5.41, 5.74) is 4.21. The molecule has 8 nitrogen and oxygen atoms in total. The fraction of sp³-hybridized carbons (Fsp3) is 0.529. The van der Waals surface area contributed by atoms with Gasteiger partial charge >= 0.3 is 0 Å². The van der Waals surface area contributed by atoms with Gasteiger partial charge in [0.1, 0.15) is 0 Å². The quantitative estimate of drug-likeness (QED) is 0.0989.